The molecule has 0 heterocycles. The van der Waals surface area contributed by atoms with Gasteiger partial charge in [0.25, 0.3) is 0 Å². The van der Waals surface area contributed by atoms with Crippen molar-refractivity contribution < 1.29 is 14.3 Å². The molecule has 1 saturated carbocycles. The minimum absolute atomic E-state index is 0.0627. The molecule has 0 radical (unpaired) electrons. The number of aryl methyl sites for hydroxylation is 1. The highest BCUT2D eigenvalue weighted by atomic mass is 16.5. The first-order valence-corrected chi connectivity index (χ1v) is 7.28. The van der Waals surface area contributed by atoms with Crippen LogP contribution >= 0.6 is 0 Å². The van der Waals surface area contributed by atoms with E-state index in [-0.39, 0.29) is 17.9 Å². The average molecular weight is 290 g/mol. The quantitative estimate of drug-likeness (QED) is 0.836. The van der Waals surface area contributed by atoms with E-state index in [0.717, 1.165) is 31.2 Å². The highest BCUT2D eigenvalue weighted by Crippen LogP contribution is 2.25. The number of ether oxygens (including phenoxy) is 1. The van der Waals surface area contributed by atoms with E-state index >= 15 is 0 Å². The standard InChI is InChI=1S/C16H22N2O3/c1-10-7-8-11(16(20)21-2)9-14(10)18-15(19)12-5-3-4-6-13(12)17/h7-9,12-13H,3-6,17H2,1-2H3,(H,18,19). The minimum Gasteiger partial charge on any atom is -0.465 e. The molecule has 1 aromatic carbocycles. The van der Waals surface area contributed by atoms with E-state index in [1.807, 2.05) is 6.92 Å². The van der Waals surface area contributed by atoms with Crippen molar-refractivity contribution >= 4 is 17.6 Å². The number of rotatable bonds is 3. The zero-order chi connectivity index (χ0) is 15.4. The summed E-state index contributed by atoms with van der Waals surface area (Å²) < 4.78 is 4.70. The Balaban J connectivity index is 2.14. The molecule has 0 spiro atoms. The number of carbonyl (C=O) groups is 2. The molecule has 114 valence electrons. The van der Waals surface area contributed by atoms with Gasteiger partial charge in [0.15, 0.2) is 0 Å². The van der Waals surface area contributed by atoms with Crippen LogP contribution in [-0.2, 0) is 9.53 Å². The van der Waals surface area contributed by atoms with Crippen molar-refractivity contribution in [3.8, 4) is 0 Å². The van der Waals surface area contributed by atoms with E-state index in [9.17, 15) is 9.59 Å². The summed E-state index contributed by atoms with van der Waals surface area (Å²) in [6.45, 7) is 1.89. The Kier molecular flexibility index (Phi) is 4.96. The summed E-state index contributed by atoms with van der Waals surface area (Å²) >= 11 is 0. The topological polar surface area (TPSA) is 81.4 Å². The molecular weight excluding hydrogens is 268 g/mol. The molecule has 5 nitrogen and oxygen atoms in total. The van der Waals surface area contributed by atoms with Crippen LogP contribution in [0.5, 0.6) is 0 Å². The lowest BCUT2D eigenvalue weighted by Crippen LogP contribution is -2.40. The molecular formula is C16H22N2O3. The molecule has 1 fully saturated rings. The Morgan fingerprint density at radius 2 is 2.00 bits per heavy atom. The Morgan fingerprint density at radius 3 is 2.67 bits per heavy atom. The Morgan fingerprint density at radius 1 is 1.29 bits per heavy atom. The third kappa shape index (κ3) is 3.61. The number of hydrogen-bond acceptors (Lipinski definition) is 4. The Hall–Kier alpha value is -1.88. The van der Waals surface area contributed by atoms with E-state index in [0.29, 0.717) is 11.3 Å². The van der Waals surface area contributed by atoms with Crippen LogP contribution in [0.4, 0.5) is 5.69 Å². The lowest BCUT2D eigenvalue weighted by Gasteiger charge is -2.27. The summed E-state index contributed by atoms with van der Waals surface area (Å²) in [5.41, 5.74) is 8.00. The first-order chi connectivity index (χ1) is 10.0. The second-order valence-electron chi connectivity index (χ2n) is 5.57. The Labute approximate surface area is 124 Å². The third-order valence-corrected chi connectivity index (χ3v) is 4.07. The predicted octanol–water partition coefficient (Wildman–Crippen LogP) is 2.24. The summed E-state index contributed by atoms with van der Waals surface area (Å²) in [7, 11) is 1.33. The van der Waals surface area contributed by atoms with Crippen LogP contribution < -0.4 is 11.1 Å². The number of benzene rings is 1. The molecule has 1 amide bonds. The van der Waals surface area contributed by atoms with Crippen LogP contribution in [-0.4, -0.2) is 25.0 Å². The molecule has 2 atom stereocenters. The number of nitrogens with one attached hydrogen (secondary N) is 1. The molecule has 3 N–H and O–H groups in total. The van der Waals surface area contributed by atoms with E-state index in [1.165, 1.54) is 7.11 Å². The average Bonchev–Trinajstić information content (AvgIpc) is 2.49. The number of anilines is 1. The van der Waals surface area contributed by atoms with Gasteiger partial charge in [-0.05, 0) is 37.5 Å². The second-order valence-corrected chi connectivity index (χ2v) is 5.57. The minimum atomic E-state index is -0.417. The molecule has 0 aromatic heterocycles. The van der Waals surface area contributed by atoms with Gasteiger partial charge in [0.1, 0.15) is 0 Å². The summed E-state index contributed by atoms with van der Waals surface area (Å²) in [6, 6.07) is 5.04. The largest absolute Gasteiger partial charge is 0.465 e. The molecule has 2 unspecified atom stereocenters. The van der Waals surface area contributed by atoms with Gasteiger partial charge in [-0.15, -0.1) is 0 Å². The second kappa shape index (κ2) is 6.72. The van der Waals surface area contributed by atoms with Crippen LogP contribution in [0, 0.1) is 12.8 Å². The van der Waals surface area contributed by atoms with Gasteiger partial charge >= 0.3 is 5.97 Å². The first-order valence-electron chi connectivity index (χ1n) is 7.28. The molecule has 21 heavy (non-hydrogen) atoms. The van der Waals surface area contributed by atoms with E-state index in [4.69, 9.17) is 10.5 Å². The number of carbonyl (C=O) groups excluding carboxylic acids is 2. The van der Waals surface area contributed by atoms with E-state index in [2.05, 4.69) is 5.32 Å². The first kappa shape index (κ1) is 15.5. The highest BCUT2D eigenvalue weighted by molar-refractivity contribution is 5.96. The molecule has 1 aromatic rings. The van der Waals surface area contributed by atoms with E-state index < -0.39 is 5.97 Å². The van der Waals surface area contributed by atoms with Gasteiger partial charge in [-0.1, -0.05) is 18.9 Å². The van der Waals surface area contributed by atoms with Crippen LogP contribution in [0.25, 0.3) is 0 Å². The molecule has 2 rings (SSSR count). The summed E-state index contributed by atoms with van der Waals surface area (Å²) in [6.07, 6.45) is 3.83. The van der Waals surface area contributed by atoms with Crippen molar-refractivity contribution in [2.45, 2.75) is 38.6 Å². The zero-order valence-corrected chi connectivity index (χ0v) is 12.5. The van der Waals surface area contributed by atoms with Crippen molar-refractivity contribution in [1.82, 2.24) is 0 Å². The van der Waals surface area contributed by atoms with Gasteiger partial charge in [0.2, 0.25) is 5.91 Å². The van der Waals surface area contributed by atoms with Crippen LogP contribution in [0.1, 0.15) is 41.6 Å². The molecule has 1 aliphatic rings. The maximum absolute atomic E-state index is 12.4. The summed E-state index contributed by atoms with van der Waals surface area (Å²) in [5, 5.41) is 2.90. The van der Waals surface area contributed by atoms with E-state index in [1.54, 1.807) is 18.2 Å². The molecule has 1 aliphatic carbocycles. The molecule has 0 bridgehead atoms. The van der Waals surface area contributed by atoms with Crippen LogP contribution in [0.2, 0.25) is 0 Å². The van der Waals surface area contributed by atoms with Gasteiger partial charge < -0.3 is 15.8 Å². The fourth-order valence-electron chi connectivity index (χ4n) is 2.71. The monoisotopic (exact) mass is 290 g/mol. The molecule has 5 heteroatoms. The number of methoxy groups -OCH3 is 1. The van der Waals surface area contributed by atoms with Gasteiger partial charge in [0, 0.05) is 11.7 Å². The molecule has 0 aliphatic heterocycles. The smallest absolute Gasteiger partial charge is 0.337 e. The number of hydrogen-bond donors (Lipinski definition) is 2. The normalized spacial score (nSPS) is 21.7. The third-order valence-electron chi connectivity index (χ3n) is 4.07. The Bertz CT molecular complexity index is 542. The van der Waals surface area contributed by atoms with Crippen molar-refractivity contribution in [2.75, 3.05) is 12.4 Å². The number of nitrogens with two attached hydrogens (primary N) is 1. The van der Waals surface area contributed by atoms with Crippen LogP contribution in [0.15, 0.2) is 18.2 Å². The molecule has 0 saturated heterocycles. The maximum atomic E-state index is 12.4. The lowest BCUT2D eigenvalue weighted by atomic mass is 9.84. The fourth-order valence-corrected chi connectivity index (χ4v) is 2.71. The van der Waals surface area contributed by atoms with Gasteiger partial charge in [-0.2, -0.15) is 0 Å². The predicted molar refractivity (Wildman–Crippen MR) is 81.1 cm³/mol. The van der Waals surface area contributed by atoms with Crippen LogP contribution in [0.3, 0.4) is 0 Å². The van der Waals surface area contributed by atoms with Crippen molar-refractivity contribution in [3.63, 3.8) is 0 Å². The summed E-state index contributed by atoms with van der Waals surface area (Å²) in [5.74, 6) is -0.632. The van der Waals surface area contributed by atoms with Crippen molar-refractivity contribution in [1.29, 1.82) is 0 Å². The number of amides is 1. The number of esters is 1. The van der Waals surface area contributed by atoms with Crippen molar-refractivity contribution in [3.05, 3.63) is 29.3 Å². The SMILES string of the molecule is COC(=O)c1ccc(C)c(NC(=O)C2CCCCC2N)c1. The maximum Gasteiger partial charge on any atom is 0.337 e. The van der Waals surface area contributed by atoms with Gasteiger partial charge in [-0.25, -0.2) is 4.79 Å². The highest BCUT2D eigenvalue weighted by Gasteiger charge is 2.28. The fraction of sp³-hybridized carbons (Fsp3) is 0.500. The van der Waals surface area contributed by atoms with Gasteiger partial charge in [-0.3, -0.25) is 4.79 Å². The van der Waals surface area contributed by atoms with Gasteiger partial charge in [0.05, 0.1) is 18.6 Å². The lowest BCUT2D eigenvalue weighted by molar-refractivity contribution is -0.121. The van der Waals surface area contributed by atoms with Crippen molar-refractivity contribution in [2.24, 2.45) is 11.7 Å². The summed E-state index contributed by atoms with van der Waals surface area (Å²) in [4.78, 5) is 23.9. The zero-order valence-electron chi connectivity index (χ0n) is 12.5.